The monoisotopic (exact) mass is 414 g/mol. The second kappa shape index (κ2) is 18.5. The van der Waals surface area contributed by atoms with Gasteiger partial charge in [0, 0.05) is 20.0 Å². The van der Waals surface area contributed by atoms with E-state index in [2.05, 4.69) is 36.0 Å². The molecular formula is C24H47ClN2O. The largest absolute Gasteiger partial charge is 0.391 e. The zero-order chi connectivity index (χ0) is 19.7. The van der Waals surface area contributed by atoms with Crippen molar-refractivity contribution in [2.75, 3.05) is 13.6 Å². The van der Waals surface area contributed by atoms with Gasteiger partial charge in [0.05, 0.1) is 18.0 Å². The fraction of sp³-hybridized carbons (Fsp3) is 0.875. The lowest BCUT2D eigenvalue weighted by Crippen LogP contribution is -2.29. The van der Waals surface area contributed by atoms with Gasteiger partial charge in [0.2, 0.25) is 0 Å². The van der Waals surface area contributed by atoms with Crippen molar-refractivity contribution < 1.29 is 5.11 Å². The van der Waals surface area contributed by atoms with Gasteiger partial charge in [-0.05, 0) is 39.0 Å². The first-order valence-electron chi connectivity index (χ1n) is 11.8. The third kappa shape index (κ3) is 13.6. The topological polar surface area (TPSA) is 35.8 Å². The number of hydrogen-bond acceptors (Lipinski definition) is 3. The van der Waals surface area contributed by atoms with Crippen LogP contribution in [-0.4, -0.2) is 41.6 Å². The molecule has 1 rings (SSSR count). The number of rotatable bonds is 17. The zero-order valence-electron chi connectivity index (χ0n) is 18.9. The Kier molecular flexibility index (Phi) is 18.1. The normalized spacial score (nSPS) is 17.8. The summed E-state index contributed by atoms with van der Waals surface area (Å²) in [4.78, 5) is 6.88. The number of halogens is 1. The molecule has 1 aliphatic rings. The van der Waals surface area contributed by atoms with Gasteiger partial charge in [-0.25, -0.2) is 0 Å². The van der Waals surface area contributed by atoms with Crippen molar-refractivity contribution in [3.8, 4) is 0 Å². The highest BCUT2D eigenvalue weighted by atomic mass is 35.5. The summed E-state index contributed by atoms with van der Waals surface area (Å²) in [6.07, 6.45) is 24.4. The minimum atomic E-state index is -0.329. The van der Waals surface area contributed by atoms with Gasteiger partial charge in [-0.1, -0.05) is 76.9 Å². The molecule has 0 saturated heterocycles. The van der Waals surface area contributed by atoms with E-state index in [9.17, 15) is 5.11 Å². The summed E-state index contributed by atoms with van der Waals surface area (Å²) in [6.45, 7) is 5.00. The SMILES string of the molecule is CCCCCCCC/C=C\CCCCCCCCC1=NC(C(C)O)CN1C.Cl. The molecule has 2 unspecified atom stereocenters. The van der Waals surface area contributed by atoms with Crippen LogP contribution in [-0.2, 0) is 0 Å². The molecule has 0 radical (unpaired) electrons. The van der Waals surface area contributed by atoms with Crippen molar-refractivity contribution in [3.63, 3.8) is 0 Å². The summed E-state index contributed by atoms with van der Waals surface area (Å²) < 4.78 is 0. The van der Waals surface area contributed by atoms with Gasteiger partial charge >= 0.3 is 0 Å². The molecule has 166 valence electrons. The number of aliphatic hydroxyl groups excluding tert-OH is 1. The highest BCUT2D eigenvalue weighted by Gasteiger charge is 2.24. The number of allylic oxidation sites excluding steroid dienone is 2. The third-order valence-electron chi connectivity index (χ3n) is 5.69. The van der Waals surface area contributed by atoms with Crippen LogP contribution in [0, 0.1) is 0 Å². The first-order valence-corrected chi connectivity index (χ1v) is 11.8. The van der Waals surface area contributed by atoms with Crippen molar-refractivity contribution in [2.45, 2.75) is 122 Å². The van der Waals surface area contributed by atoms with Crippen LogP contribution in [0.5, 0.6) is 0 Å². The molecule has 0 aromatic heterocycles. The molecule has 0 spiro atoms. The molecular weight excluding hydrogens is 368 g/mol. The van der Waals surface area contributed by atoms with E-state index in [0.717, 1.165) is 13.0 Å². The number of amidine groups is 1. The highest BCUT2D eigenvalue weighted by molar-refractivity contribution is 5.85. The fourth-order valence-corrected chi connectivity index (χ4v) is 3.76. The lowest BCUT2D eigenvalue weighted by molar-refractivity contribution is 0.162. The van der Waals surface area contributed by atoms with Crippen molar-refractivity contribution in [1.29, 1.82) is 0 Å². The Morgan fingerprint density at radius 2 is 1.43 bits per heavy atom. The van der Waals surface area contributed by atoms with E-state index in [1.165, 1.54) is 95.7 Å². The summed E-state index contributed by atoms with van der Waals surface area (Å²) in [6, 6.07) is 0.0825. The molecule has 0 amide bonds. The Morgan fingerprint density at radius 3 is 1.93 bits per heavy atom. The summed E-state index contributed by atoms with van der Waals surface area (Å²) in [7, 11) is 2.10. The Balaban J connectivity index is 0.00000729. The Hall–Kier alpha value is -0.540. The van der Waals surface area contributed by atoms with Gasteiger partial charge in [0.1, 0.15) is 0 Å². The molecule has 1 aliphatic heterocycles. The molecule has 0 fully saturated rings. The van der Waals surface area contributed by atoms with E-state index in [1.807, 2.05) is 6.92 Å². The predicted octanol–water partition coefficient (Wildman–Crippen LogP) is 6.93. The highest BCUT2D eigenvalue weighted by Crippen LogP contribution is 2.16. The molecule has 0 aromatic rings. The zero-order valence-corrected chi connectivity index (χ0v) is 19.7. The molecule has 1 heterocycles. The van der Waals surface area contributed by atoms with Gasteiger partial charge < -0.3 is 10.0 Å². The van der Waals surface area contributed by atoms with Gasteiger partial charge in [-0.15, -0.1) is 12.4 Å². The molecule has 1 N–H and O–H groups in total. The Labute approximate surface area is 181 Å². The molecule has 2 atom stereocenters. The Morgan fingerprint density at radius 1 is 0.929 bits per heavy atom. The minimum absolute atomic E-state index is 0. The summed E-state index contributed by atoms with van der Waals surface area (Å²) in [5.41, 5.74) is 0. The van der Waals surface area contributed by atoms with E-state index in [0.29, 0.717) is 0 Å². The van der Waals surface area contributed by atoms with Crippen LogP contribution in [0.4, 0.5) is 0 Å². The van der Waals surface area contributed by atoms with Crippen LogP contribution in [0.15, 0.2) is 17.1 Å². The summed E-state index contributed by atoms with van der Waals surface area (Å²) in [5, 5.41) is 9.66. The number of aliphatic hydroxyl groups is 1. The van der Waals surface area contributed by atoms with Crippen molar-refractivity contribution in [1.82, 2.24) is 4.90 Å². The van der Waals surface area contributed by atoms with Gasteiger partial charge in [-0.2, -0.15) is 0 Å². The van der Waals surface area contributed by atoms with Crippen LogP contribution < -0.4 is 0 Å². The van der Waals surface area contributed by atoms with Crippen LogP contribution >= 0.6 is 12.4 Å². The van der Waals surface area contributed by atoms with Crippen LogP contribution in [0.2, 0.25) is 0 Å². The van der Waals surface area contributed by atoms with Crippen molar-refractivity contribution in [3.05, 3.63) is 12.2 Å². The minimum Gasteiger partial charge on any atom is -0.391 e. The van der Waals surface area contributed by atoms with Gasteiger partial charge in [-0.3, -0.25) is 4.99 Å². The molecule has 0 aliphatic carbocycles. The van der Waals surface area contributed by atoms with Crippen LogP contribution in [0.25, 0.3) is 0 Å². The van der Waals surface area contributed by atoms with Crippen LogP contribution in [0.3, 0.4) is 0 Å². The standard InChI is InChI=1S/C24H46N2O.ClH/c1-4-5-6-7-8-9-10-11-12-13-14-15-16-17-18-19-20-24-25-23(22(2)27)21-26(24)3;/h11-12,22-23,27H,4-10,13-21H2,1-3H3;1H/b12-11-;. The van der Waals surface area contributed by atoms with E-state index < -0.39 is 0 Å². The maximum Gasteiger partial charge on any atom is 0.0992 e. The van der Waals surface area contributed by atoms with Gasteiger partial charge in [0.25, 0.3) is 0 Å². The second-order valence-corrected chi connectivity index (χ2v) is 8.42. The molecule has 0 saturated carbocycles. The molecule has 3 nitrogen and oxygen atoms in total. The predicted molar refractivity (Wildman–Crippen MR) is 127 cm³/mol. The lowest BCUT2D eigenvalue weighted by Gasteiger charge is -2.15. The number of hydrogen-bond donors (Lipinski definition) is 1. The number of aliphatic imine (C=N–C) groups is 1. The quantitative estimate of drug-likeness (QED) is 0.207. The summed E-state index contributed by atoms with van der Waals surface area (Å²) >= 11 is 0. The van der Waals surface area contributed by atoms with Crippen molar-refractivity contribution >= 4 is 18.2 Å². The van der Waals surface area contributed by atoms with E-state index in [1.54, 1.807) is 0 Å². The summed E-state index contributed by atoms with van der Waals surface area (Å²) in [5.74, 6) is 1.19. The number of likely N-dealkylation sites (N-methyl/N-ethyl adjacent to an activating group) is 1. The molecule has 28 heavy (non-hydrogen) atoms. The molecule has 4 heteroatoms. The number of unbranched alkanes of at least 4 members (excludes halogenated alkanes) is 12. The maximum absolute atomic E-state index is 9.66. The first-order chi connectivity index (χ1) is 13.1. The lowest BCUT2D eigenvalue weighted by atomic mass is 10.1. The van der Waals surface area contributed by atoms with Gasteiger partial charge in [0.15, 0.2) is 0 Å². The number of nitrogens with zero attached hydrogens (tertiary/aromatic N) is 2. The van der Waals surface area contributed by atoms with E-state index in [4.69, 9.17) is 0 Å². The average Bonchev–Trinajstić information content (AvgIpc) is 3.02. The smallest absolute Gasteiger partial charge is 0.0992 e. The van der Waals surface area contributed by atoms with Crippen molar-refractivity contribution in [2.24, 2.45) is 4.99 Å². The average molecular weight is 415 g/mol. The Bertz CT molecular complexity index is 409. The van der Waals surface area contributed by atoms with E-state index >= 15 is 0 Å². The fourth-order valence-electron chi connectivity index (χ4n) is 3.76. The first kappa shape index (κ1) is 27.5. The molecule has 0 aromatic carbocycles. The van der Waals surface area contributed by atoms with Crippen LogP contribution in [0.1, 0.15) is 110 Å². The second-order valence-electron chi connectivity index (χ2n) is 8.42. The third-order valence-corrected chi connectivity index (χ3v) is 5.69. The van der Waals surface area contributed by atoms with E-state index in [-0.39, 0.29) is 24.6 Å². The maximum atomic E-state index is 9.66. The molecule has 0 bridgehead atoms.